The number of anilines is 1. The number of benzene rings is 1. The van der Waals surface area contributed by atoms with Crippen molar-refractivity contribution in [1.82, 2.24) is 0 Å². The zero-order chi connectivity index (χ0) is 15.4. The molecule has 6 nitrogen and oxygen atoms in total. The van der Waals surface area contributed by atoms with E-state index in [1.54, 1.807) is 0 Å². The van der Waals surface area contributed by atoms with Gasteiger partial charge in [0.25, 0.3) is 0 Å². The van der Waals surface area contributed by atoms with E-state index in [4.69, 9.17) is 4.42 Å². The van der Waals surface area contributed by atoms with Crippen LogP contribution in [-0.2, 0) is 4.79 Å². The summed E-state index contributed by atoms with van der Waals surface area (Å²) in [5.74, 6) is -0.442. The van der Waals surface area contributed by atoms with Crippen LogP contribution in [-0.4, -0.2) is 10.8 Å². The van der Waals surface area contributed by atoms with Crippen LogP contribution in [0.2, 0.25) is 0 Å². The maximum absolute atomic E-state index is 11.8. The first-order chi connectivity index (χ1) is 9.95. The van der Waals surface area contributed by atoms with Gasteiger partial charge < -0.3 is 9.73 Å². The molecular formula is C15H14N2O4. The molecule has 0 aliphatic carbocycles. The smallest absolute Gasteiger partial charge is 0.401 e. The van der Waals surface area contributed by atoms with E-state index in [1.807, 2.05) is 32.0 Å². The van der Waals surface area contributed by atoms with Gasteiger partial charge in [-0.1, -0.05) is 17.7 Å². The maximum Gasteiger partial charge on any atom is 0.433 e. The average molecular weight is 286 g/mol. The molecule has 0 unspecified atom stereocenters. The number of nitrogens with one attached hydrogen (secondary N) is 1. The Morgan fingerprint density at radius 1 is 1.29 bits per heavy atom. The van der Waals surface area contributed by atoms with Gasteiger partial charge in [0.15, 0.2) is 0 Å². The minimum atomic E-state index is -0.632. The summed E-state index contributed by atoms with van der Waals surface area (Å²) in [4.78, 5) is 21.6. The summed E-state index contributed by atoms with van der Waals surface area (Å²) in [5.41, 5.74) is 2.80. The lowest BCUT2D eigenvalue weighted by atomic mass is 10.1. The molecule has 0 fully saturated rings. The van der Waals surface area contributed by atoms with Gasteiger partial charge in [-0.25, -0.2) is 0 Å². The highest BCUT2D eigenvalue weighted by atomic mass is 16.6. The SMILES string of the molecule is Cc1ccc(NC(=O)/C=C/c2ccc([N+](=O)[O-])o2)c(C)c1. The molecule has 108 valence electrons. The zero-order valence-corrected chi connectivity index (χ0v) is 11.6. The van der Waals surface area contributed by atoms with Crippen molar-refractivity contribution < 1.29 is 14.1 Å². The lowest BCUT2D eigenvalue weighted by molar-refractivity contribution is -0.402. The van der Waals surface area contributed by atoms with Gasteiger partial charge in [0.2, 0.25) is 5.91 Å². The average Bonchev–Trinajstić information content (AvgIpc) is 2.89. The summed E-state index contributed by atoms with van der Waals surface area (Å²) in [5, 5.41) is 13.2. The molecule has 0 saturated carbocycles. The van der Waals surface area contributed by atoms with E-state index in [0.717, 1.165) is 16.8 Å². The molecule has 21 heavy (non-hydrogen) atoms. The van der Waals surface area contributed by atoms with Crippen LogP contribution in [0, 0.1) is 24.0 Å². The van der Waals surface area contributed by atoms with E-state index in [-0.39, 0.29) is 17.6 Å². The van der Waals surface area contributed by atoms with Crippen molar-refractivity contribution in [2.24, 2.45) is 0 Å². The molecule has 1 aromatic carbocycles. The third kappa shape index (κ3) is 3.79. The first-order valence-corrected chi connectivity index (χ1v) is 6.26. The molecular weight excluding hydrogens is 272 g/mol. The highest BCUT2D eigenvalue weighted by molar-refractivity contribution is 6.02. The molecule has 1 amide bonds. The number of nitrogens with zero attached hydrogens (tertiary/aromatic N) is 1. The Labute approximate surface area is 121 Å². The van der Waals surface area contributed by atoms with Gasteiger partial charge in [0, 0.05) is 11.8 Å². The van der Waals surface area contributed by atoms with Crippen molar-refractivity contribution in [3.8, 4) is 0 Å². The van der Waals surface area contributed by atoms with Crippen LogP contribution < -0.4 is 5.32 Å². The van der Waals surface area contributed by atoms with E-state index in [9.17, 15) is 14.9 Å². The van der Waals surface area contributed by atoms with Crippen molar-refractivity contribution in [2.45, 2.75) is 13.8 Å². The van der Waals surface area contributed by atoms with E-state index in [2.05, 4.69) is 5.32 Å². The molecule has 0 aliphatic heterocycles. The largest absolute Gasteiger partial charge is 0.433 e. The number of nitro groups is 1. The fourth-order valence-corrected chi connectivity index (χ4v) is 1.82. The van der Waals surface area contributed by atoms with Crippen LogP contribution in [0.5, 0.6) is 0 Å². The first kappa shape index (κ1) is 14.5. The van der Waals surface area contributed by atoms with Crippen molar-refractivity contribution in [2.75, 3.05) is 5.32 Å². The van der Waals surface area contributed by atoms with Gasteiger partial charge in [0.1, 0.15) is 10.7 Å². The number of amides is 1. The molecule has 0 saturated heterocycles. The minimum absolute atomic E-state index is 0.248. The third-order valence-electron chi connectivity index (χ3n) is 2.83. The van der Waals surface area contributed by atoms with E-state index in [1.165, 1.54) is 24.3 Å². The summed E-state index contributed by atoms with van der Waals surface area (Å²) in [6.45, 7) is 3.88. The second kappa shape index (κ2) is 6.04. The van der Waals surface area contributed by atoms with Crippen LogP contribution in [0.1, 0.15) is 16.9 Å². The lowest BCUT2D eigenvalue weighted by Crippen LogP contribution is -2.08. The van der Waals surface area contributed by atoms with Gasteiger partial charge in [-0.2, -0.15) is 0 Å². The number of furan rings is 1. The Bertz CT molecular complexity index is 716. The molecule has 2 aromatic rings. The fourth-order valence-electron chi connectivity index (χ4n) is 1.82. The van der Waals surface area contributed by atoms with Crippen molar-refractivity contribution >= 4 is 23.6 Å². The Morgan fingerprint density at radius 2 is 2.05 bits per heavy atom. The fraction of sp³-hybridized carbons (Fsp3) is 0.133. The molecule has 0 bridgehead atoms. The normalized spacial score (nSPS) is 10.8. The number of carbonyl (C=O) groups excluding carboxylic acids is 1. The predicted molar refractivity (Wildman–Crippen MR) is 78.9 cm³/mol. The molecule has 6 heteroatoms. The van der Waals surface area contributed by atoms with Crippen LogP contribution in [0.4, 0.5) is 11.6 Å². The molecule has 2 rings (SSSR count). The van der Waals surface area contributed by atoms with E-state index < -0.39 is 4.92 Å². The van der Waals surface area contributed by atoms with Crippen LogP contribution in [0.15, 0.2) is 40.8 Å². The van der Waals surface area contributed by atoms with Crippen molar-refractivity contribution in [3.05, 3.63) is 63.4 Å². The second-order valence-electron chi connectivity index (χ2n) is 4.57. The number of hydrogen-bond acceptors (Lipinski definition) is 4. The van der Waals surface area contributed by atoms with Crippen LogP contribution in [0.25, 0.3) is 6.08 Å². The van der Waals surface area contributed by atoms with E-state index >= 15 is 0 Å². The lowest BCUT2D eigenvalue weighted by Gasteiger charge is -2.06. The van der Waals surface area contributed by atoms with E-state index in [0.29, 0.717) is 0 Å². The van der Waals surface area contributed by atoms with Crippen LogP contribution in [0.3, 0.4) is 0 Å². The predicted octanol–water partition coefficient (Wildman–Crippen LogP) is 3.46. The standard InChI is InChI=1S/C15H14N2O4/c1-10-3-6-13(11(2)9-10)16-14(18)7-4-12-5-8-15(21-12)17(19)20/h3-9H,1-2H3,(H,16,18)/b7-4+. The number of hydrogen-bond donors (Lipinski definition) is 1. The Hall–Kier alpha value is -2.89. The van der Waals surface area contributed by atoms with Gasteiger partial charge >= 0.3 is 5.88 Å². The molecule has 1 heterocycles. The minimum Gasteiger partial charge on any atom is -0.401 e. The number of carbonyl (C=O) groups is 1. The van der Waals surface area contributed by atoms with Crippen molar-refractivity contribution in [3.63, 3.8) is 0 Å². The molecule has 0 radical (unpaired) electrons. The highest BCUT2D eigenvalue weighted by Crippen LogP contribution is 2.18. The Morgan fingerprint density at radius 3 is 2.67 bits per heavy atom. The monoisotopic (exact) mass is 286 g/mol. The van der Waals surface area contributed by atoms with Gasteiger partial charge in [0.05, 0.1) is 6.07 Å². The Kier molecular flexibility index (Phi) is 4.18. The first-order valence-electron chi connectivity index (χ1n) is 6.26. The van der Waals surface area contributed by atoms with Gasteiger partial charge in [-0.3, -0.25) is 14.9 Å². The van der Waals surface area contributed by atoms with Crippen molar-refractivity contribution in [1.29, 1.82) is 0 Å². The van der Waals surface area contributed by atoms with Gasteiger partial charge in [-0.05, 0) is 37.6 Å². The number of aryl methyl sites for hydroxylation is 2. The third-order valence-corrected chi connectivity index (χ3v) is 2.83. The summed E-state index contributed by atoms with van der Waals surface area (Å²) in [7, 11) is 0. The molecule has 1 aromatic heterocycles. The van der Waals surface area contributed by atoms with Crippen LogP contribution >= 0.6 is 0 Å². The van der Waals surface area contributed by atoms with Gasteiger partial charge in [-0.15, -0.1) is 0 Å². The summed E-state index contributed by atoms with van der Waals surface area (Å²) in [6, 6.07) is 8.37. The zero-order valence-electron chi connectivity index (χ0n) is 11.6. The molecule has 0 spiro atoms. The second-order valence-corrected chi connectivity index (χ2v) is 4.57. The quantitative estimate of drug-likeness (QED) is 0.530. The number of rotatable bonds is 4. The topological polar surface area (TPSA) is 85.4 Å². The Balaban J connectivity index is 2.03. The molecule has 1 N–H and O–H groups in total. The summed E-state index contributed by atoms with van der Waals surface area (Å²) in [6.07, 6.45) is 2.65. The molecule has 0 aliphatic rings. The summed E-state index contributed by atoms with van der Waals surface area (Å²) < 4.78 is 4.92. The molecule has 0 atom stereocenters. The summed E-state index contributed by atoms with van der Waals surface area (Å²) >= 11 is 0. The highest BCUT2D eigenvalue weighted by Gasteiger charge is 2.10. The maximum atomic E-state index is 11.8.